The van der Waals surface area contributed by atoms with E-state index in [9.17, 15) is 9.18 Å². The Morgan fingerprint density at radius 1 is 1.12 bits per heavy atom. The lowest BCUT2D eigenvalue weighted by molar-refractivity contribution is 0.0804. The van der Waals surface area contributed by atoms with Crippen molar-refractivity contribution < 1.29 is 13.9 Å². The first kappa shape index (κ1) is 22.2. The van der Waals surface area contributed by atoms with Gasteiger partial charge in [-0.1, -0.05) is 6.42 Å². The third kappa shape index (κ3) is 3.94. The number of aromatic nitrogens is 4. The fourth-order valence-corrected chi connectivity index (χ4v) is 4.85. The molecular weight excluding hydrogens is 433 g/mol. The number of hydrogen-bond donors (Lipinski definition) is 1. The Hall–Kier alpha value is -3.65. The van der Waals surface area contributed by atoms with E-state index in [1.54, 1.807) is 25.4 Å². The lowest BCUT2D eigenvalue weighted by Gasteiger charge is -2.19. The molecule has 8 heteroatoms. The van der Waals surface area contributed by atoms with Crippen molar-refractivity contribution in [3.05, 3.63) is 66.0 Å². The normalized spacial score (nSPS) is 18.0. The predicted molar refractivity (Wildman–Crippen MR) is 128 cm³/mol. The summed E-state index contributed by atoms with van der Waals surface area (Å²) in [7, 11) is 1.65. The number of benzene rings is 1. The molecule has 0 amide bonds. The number of carbonyl (C=O) groups is 1. The number of ketones is 1. The van der Waals surface area contributed by atoms with Gasteiger partial charge in [0.05, 0.1) is 11.4 Å². The van der Waals surface area contributed by atoms with E-state index in [1.807, 2.05) is 29.7 Å². The smallest absolute Gasteiger partial charge is 0.188 e. The molecule has 3 heterocycles. The van der Waals surface area contributed by atoms with Crippen molar-refractivity contribution in [1.29, 1.82) is 0 Å². The molecule has 0 radical (unpaired) electrons. The Kier molecular flexibility index (Phi) is 5.83. The maximum atomic E-state index is 13.6. The Morgan fingerprint density at radius 3 is 2.62 bits per heavy atom. The zero-order valence-electron chi connectivity index (χ0n) is 19.2. The summed E-state index contributed by atoms with van der Waals surface area (Å²) in [6, 6.07) is 9.79. The molecule has 1 aromatic carbocycles. The average Bonchev–Trinajstić information content (AvgIpc) is 3.46. The van der Waals surface area contributed by atoms with Gasteiger partial charge >= 0.3 is 0 Å². The number of Topliss-reactive ketones (excluding diaryl/α,β-unsaturated/α-hetero) is 1. The number of carbonyl (C=O) groups excluding carboxylic acids is 1. The van der Waals surface area contributed by atoms with Crippen LogP contribution in [0.2, 0.25) is 0 Å². The number of aryl methyl sites for hydroxylation is 1. The average molecular weight is 460 g/mol. The van der Waals surface area contributed by atoms with Gasteiger partial charge < -0.3 is 14.9 Å². The van der Waals surface area contributed by atoms with Gasteiger partial charge in [-0.05, 0) is 62.1 Å². The highest BCUT2D eigenvalue weighted by Crippen LogP contribution is 2.37. The predicted octanol–water partition coefficient (Wildman–Crippen LogP) is 4.73. The molecule has 1 saturated carbocycles. The lowest BCUT2D eigenvalue weighted by atomic mass is 9.90. The second kappa shape index (κ2) is 8.95. The largest absolute Gasteiger partial charge is 0.384 e. The van der Waals surface area contributed by atoms with E-state index in [0.717, 1.165) is 36.2 Å². The van der Waals surface area contributed by atoms with Crippen LogP contribution in [-0.4, -0.2) is 38.9 Å². The summed E-state index contributed by atoms with van der Waals surface area (Å²) in [5, 5.41) is 0. The van der Waals surface area contributed by atoms with Crippen molar-refractivity contribution in [3.8, 4) is 22.5 Å². The maximum Gasteiger partial charge on any atom is 0.188 e. The van der Waals surface area contributed by atoms with Gasteiger partial charge in [0.15, 0.2) is 11.6 Å². The van der Waals surface area contributed by atoms with Crippen LogP contribution in [0.5, 0.6) is 0 Å². The van der Waals surface area contributed by atoms with E-state index in [-0.39, 0.29) is 34.9 Å². The van der Waals surface area contributed by atoms with Gasteiger partial charge in [0, 0.05) is 48.8 Å². The van der Waals surface area contributed by atoms with Gasteiger partial charge in [-0.3, -0.25) is 4.79 Å². The molecule has 1 fully saturated rings. The van der Waals surface area contributed by atoms with Crippen molar-refractivity contribution in [2.75, 3.05) is 19.5 Å². The summed E-state index contributed by atoms with van der Waals surface area (Å²) in [5.41, 5.74) is 10.7. The van der Waals surface area contributed by atoms with E-state index < -0.39 is 0 Å². The highest BCUT2D eigenvalue weighted by molar-refractivity contribution is 6.01. The second-order valence-electron chi connectivity index (χ2n) is 8.82. The number of pyridine rings is 1. The lowest BCUT2D eigenvalue weighted by Crippen LogP contribution is -2.25. The number of rotatable bonds is 6. The maximum absolute atomic E-state index is 13.6. The SMILES string of the molecule is COC[C@H]1CCCC1C(=O)c1nc(-c2ccc3ncc(C)n3c2)c(-c2ccc(F)cc2)nc1N. The summed E-state index contributed by atoms with van der Waals surface area (Å²) in [6.45, 7) is 2.49. The molecule has 1 aliphatic carbocycles. The number of methoxy groups -OCH3 is 1. The van der Waals surface area contributed by atoms with E-state index in [1.165, 1.54) is 12.1 Å². The molecule has 2 N–H and O–H groups in total. The van der Waals surface area contributed by atoms with Crippen LogP contribution in [0.3, 0.4) is 0 Å². The molecule has 0 bridgehead atoms. The number of nitrogen functional groups attached to an aromatic ring is 1. The van der Waals surface area contributed by atoms with Gasteiger partial charge in [-0.2, -0.15) is 0 Å². The molecular formula is C26H26FN5O2. The second-order valence-corrected chi connectivity index (χ2v) is 8.82. The van der Waals surface area contributed by atoms with Crippen LogP contribution in [0, 0.1) is 24.6 Å². The molecule has 1 unspecified atom stereocenters. The van der Waals surface area contributed by atoms with Gasteiger partial charge in [0.2, 0.25) is 0 Å². The van der Waals surface area contributed by atoms with Crippen LogP contribution in [0.25, 0.3) is 28.2 Å². The summed E-state index contributed by atoms with van der Waals surface area (Å²) in [6.07, 6.45) is 6.40. The Balaban J connectivity index is 1.67. The first-order valence-electron chi connectivity index (χ1n) is 11.4. The summed E-state index contributed by atoms with van der Waals surface area (Å²) < 4.78 is 20.9. The van der Waals surface area contributed by atoms with E-state index >= 15 is 0 Å². The standard InChI is InChI=1S/C26H26FN5O2/c1-15-12-29-21-11-8-17(13-32(15)21)23-22(16-6-9-19(27)10-7-16)31-26(28)24(30-23)25(33)20-5-3-4-18(20)14-34-2/h6-13,18,20H,3-5,14H2,1-2H3,(H2,28,31)/t18-,20?/m1/s1. The Morgan fingerprint density at radius 2 is 1.85 bits per heavy atom. The van der Waals surface area contributed by atoms with Gasteiger partial charge in [-0.15, -0.1) is 0 Å². The topological polar surface area (TPSA) is 95.4 Å². The van der Waals surface area contributed by atoms with E-state index in [2.05, 4.69) is 9.97 Å². The number of nitrogens with two attached hydrogens (primary N) is 1. The highest BCUT2D eigenvalue weighted by atomic mass is 19.1. The fourth-order valence-electron chi connectivity index (χ4n) is 4.85. The molecule has 174 valence electrons. The van der Waals surface area contributed by atoms with Crippen LogP contribution < -0.4 is 5.73 Å². The zero-order valence-corrected chi connectivity index (χ0v) is 19.2. The molecule has 0 saturated heterocycles. The molecule has 1 aliphatic rings. The first-order valence-corrected chi connectivity index (χ1v) is 11.4. The number of hydrogen-bond acceptors (Lipinski definition) is 6. The zero-order chi connectivity index (χ0) is 23.8. The highest BCUT2D eigenvalue weighted by Gasteiger charge is 2.35. The van der Waals surface area contributed by atoms with Gasteiger partial charge in [0.25, 0.3) is 0 Å². The molecule has 5 rings (SSSR count). The number of imidazole rings is 1. The van der Waals surface area contributed by atoms with Crippen LogP contribution in [0.4, 0.5) is 10.2 Å². The summed E-state index contributed by atoms with van der Waals surface area (Å²) in [4.78, 5) is 27.3. The van der Waals surface area contributed by atoms with Crippen molar-refractivity contribution in [3.63, 3.8) is 0 Å². The molecule has 0 spiro atoms. The summed E-state index contributed by atoms with van der Waals surface area (Å²) in [5.74, 6) is -0.422. The minimum atomic E-state index is -0.348. The number of nitrogens with zero attached hydrogens (tertiary/aromatic N) is 4. The molecule has 2 atom stereocenters. The van der Waals surface area contributed by atoms with Crippen molar-refractivity contribution in [1.82, 2.24) is 19.4 Å². The van der Waals surface area contributed by atoms with E-state index in [0.29, 0.717) is 23.6 Å². The number of fused-ring (bicyclic) bond motifs is 1. The Labute approximate surface area is 196 Å². The van der Waals surface area contributed by atoms with Gasteiger partial charge in [-0.25, -0.2) is 19.3 Å². The quantitative estimate of drug-likeness (QED) is 0.419. The van der Waals surface area contributed by atoms with Crippen molar-refractivity contribution >= 4 is 17.2 Å². The molecule has 0 aliphatic heterocycles. The fraction of sp³-hybridized carbons (Fsp3) is 0.308. The van der Waals surface area contributed by atoms with Gasteiger partial charge in [0.1, 0.15) is 17.2 Å². The molecule has 4 aromatic rings. The Bertz CT molecular complexity index is 1370. The third-order valence-corrected chi connectivity index (χ3v) is 6.61. The van der Waals surface area contributed by atoms with Crippen LogP contribution in [0.15, 0.2) is 48.8 Å². The summed E-state index contributed by atoms with van der Waals surface area (Å²) >= 11 is 0. The molecule has 3 aromatic heterocycles. The monoisotopic (exact) mass is 459 g/mol. The first-order chi connectivity index (χ1) is 16.5. The van der Waals surface area contributed by atoms with Crippen molar-refractivity contribution in [2.45, 2.75) is 26.2 Å². The van der Waals surface area contributed by atoms with Crippen LogP contribution in [0.1, 0.15) is 35.4 Å². The molecule has 7 nitrogen and oxygen atoms in total. The number of anilines is 1. The minimum absolute atomic E-state index is 0.0797. The minimum Gasteiger partial charge on any atom is -0.384 e. The van der Waals surface area contributed by atoms with Crippen LogP contribution in [-0.2, 0) is 4.74 Å². The van der Waals surface area contributed by atoms with Crippen LogP contribution >= 0.6 is 0 Å². The molecule has 34 heavy (non-hydrogen) atoms. The van der Waals surface area contributed by atoms with E-state index in [4.69, 9.17) is 15.5 Å². The van der Waals surface area contributed by atoms with Crippen molar-refractivity contribution in [2.24, 2.45) is 11.8 Å². The number of ether oxygens (including phenoxy) is 1. The third-order valence-electron chi connectivity index (χ3n) is 6.61. The number of halogens is 1.